The molecule has 2 amide bonds. The van der Waals surface area contributed by atoms with Crippen LogP contribution in [0.25, 0.3) is 16.7 Å². The zero-order chi connectivity index (χ0) is 31.8. The Morgan fingerprint density at radius 3 is 2.48 bits per heavy atom. The summed E-state index contributed by atoms with van der Waals surface area (Å²) in [4.78, 5) is 29.6. The van der Waals surface area contributed by atoms with Crippen LogP contribution in [0.4, 0.5) is 26.3 Å². The Bertz CT molecular complexity index is 1780. The number of hydrogen-bond donors (Lipinski definition) is 2. The number of allylic oxidation sites excluding steroid dienone is 2. The molecule has 3 N–H and O–H groups in total. The summed E-state index contributed by atoms with van der Waals surface area (Å²) >= 11 is 0. The van der Waals surface area contributed by atoms with Crippen molar-refractivity contribution in [2.45, 2.75) is 44.9 Å². The van der Waals surface area contributed by atoms with Crippen molar-refractivity contribution in [1.82, 2.24) is 20.1 Å². The lowest BCUT2D eigenvalue weighted by Crippen LogP contribution is -2.34. The summed E-state index contributed by atoms with van der Waals surface area (Å²) in [5.74, 6) is -4.32. The van der Waals surface area contributed by atoms with Crippen molar-refractivity contribution < 1.29 is 35.9 Å². The predicted molar refractivity (Wildman–Crippen MR) is 148 cm³/mol. The fourth-order valence-electron chi connectivity index (χ4n) is 5.40. The van der Waals surface area contributed by atoms with Crippen molar-refractivity contribution in [2.24, 2.45) is 5.73 Å². The number of nitrogens with one attached hydrogen (secondary N) is 1. The predicted octanol–water partition coefficient (Wildman–Crippen LogP) is 5.93. The summed E-state index contributed by atoms with van der Waals surface area (Å²) in [6.07, 6.45) is -1.13. The lowest BCUT2D eigenvalue weighted by molar-refractivity contribution is -0.142. The van der Waals surface area contributed by atoms with Crippen molar-refractivity contribution in [3.8, 4) is 11.1 Å². The van der Waals surface area contributed by atoms with E-state index in [2.05, 4.69) is 15.4 Å². The number of benzene rings is 2. The minimum absolute atomic E-state index is 0.0584. The topological polar surface area (TPSA) is 103 Å². The summed E-state index contributed by atoms with van der Waals surface area (Å²) in [6.45, 7) is 0.972. The molecule has 2 aromatic heterocycles. The molecule has 0 aliphatic heterocycles. The largest absolute Gasteiger partial charge is 0.435 e. The van der Waals surface area contributed by atoms with E-state index in [1.165, 1.54) is 18.3 Å². The van der Waals surface area contributed by atoms with E-state index in [0.29, 0.717) is 29.2 Å². The van der Waals surface area contributed by atoms with Gasteiger partial charge in [-0.3, -0.25) is 19.3 Å². The maximum absolute atomic E-state index is 14.2. The lowest BCUT2D eigenvalue weighted by atomic mass is 9.94. The van der Waals surface area contributed by atoms with E-state index < -0.39 is 59.3 Å². The zero-order valence-electron chi connectivity index (χ0n) is 23.2. The number of halogens is 6. The minimum atomic E-state index is -4.75. The van der Waals surface area contributed by atoms with E-state index in [4.69, 9.17) is 5.73 Å². The summed E-state index contributed by atoms with van der Waals surface area (Å²) in [7, 11) is 0. The van der Waals surface area contributed by atoms with Gasteiger partial charge in [-0.2, -0.15) is 18.3 Å². The first-order valence-corrected chi connectivity index (χ1v) is 13.4. The van der Waals surface area contributed by atoms with Crippen LogP contribution < -0.4 is 11.1 Å². The molecule has 228 valence electrons. The first-order valence-electron chi connectivity index (χ1n) is 13.4. The number of fused-ring (bicyclic) bond motifs is 1. The Morgan fingerprint density at radius 1 is 1.07 bits per heavy atom. The molecular formula is C31H25F6N5O2. The molecule has 0 fully saturated rings. The molecule has 0 bridgehead atoms. The number of carbonyl (C=O) groups is 2. The third-order valence-corrected chi connectivity index (χ3v) is 7.25. The summed E-state index contributed by atoms with van der Waals surface area (Å²) in [5, 5.41) is 6.46. The van der Waals surface area contributed by atoms with Crippen molar-refractivity contribution in [1.29, 1.82) is 0 Å². The van der Waals surface area contributed by atoms with Crippen molar-refractivity contribution in [2.75, 3.05) is 0 Å². The monoisotopic (exact) mass is 613 g/mol. The number of rotatable bonds is 8. The SMILES string of the molecule is CC1=CCCc2c1c(C(F)(F)F)nn2CC(=O)NC(Cc1cc(F)cc(F)c1)c1ncccc1-c1ccc(F)c(C(N)=O)c1. The van der Waals surface area contributed by atoms with Crippen molar-refractivity contribution in [3.63, 3.8) is 0 Å². The van der Waals surface area contributed by atoms with Gasteiger partial charge in [0, 0.05) is 29.1 Å². The molecule has 13 heteroatoms. The Balaban J connectivity index is 1.54. The highest BCUT2D eigenvalue weighted by molar-refractivity contribution is 5.94. The van der Waals surface area contributed by atoms with E-state index in [9.17, 15) is 35.9 Å². The lowest BCUT2D eigenvalue weighted by Gasteiger charge is -2.22. The summed E-state index contributed by atoms with van der Waals surface area (Å²) in [6, 6.07) is 8.51. The molecule has 2 heterocycles. The highest BCUT2D eigenvalue weighted by Gasteiger charge is 2.40. The van der Waals surface area contributed by atoms with Crippen LogP contribution in [0, 0.1) is 17.5 Å². The summed E-state index contributed by atoms with van der Waals surface area (Å²) in [5.41, 5.74) is 5.43. The minimum Gasteiger partial charge on any atom is -0.366 e. The van der Waals surface area contributed by atoms with E-state index in [-0.39, 0.29) is 35.4 Å². The van der Waals surface area contributed by atoms with Gasteiger partial charge in [-0.05, 0) is 73.2 Å². The summed E-state index contributed by atoms with van der Waals surface area (Å²) < 4.78 is 84.9. The van der Waals surface area contributed by atoms with E-state index in [1.54, 1.807) is 25.1 Å². The Hall–Kier alpha value is -4.94. The van der Waals surface area contributed by atoms with Gasteiger partial charge in [-0.25, -0.2) is 13.2 Å². The van der Waals surface area contributed by atoms with Crippen LogP contribution in [0.1, 0.15) is 58.0 Å². The first-order chi connectivity index (χ1) is 20.8. The van der Waals surface area contributed by atoms with Gasteiger partial charge in [-0.15, -0.1) is 0 Å². The number of alkyl halides is 3. The van der Waals surface area contributed by atoms with Crippen LogP contribution >= 0.6 is 0 Å². The molecule has 1 aliphatic carbocycles. The second-order valence-electron chi connectivity index (χ2n) is 10.3. The molecule has 7 nitrogen and oxygen atoms in total. The number of carbonyl (C=O) groups excluding carboxylic acids is 2. The molecule has 0 saturated carbocycles. The van der Waals surface area contributed by atoms with Gasteiger partial charge in [-0.1, -0.05) is 18.2 Å². The van der Waals surface area contributed by atoms with Crippen LogP contribution in [0.3, 0.4) is 0 Å². The maximum Gasteiger partial charge on any atom is 0.435 e. The van der Waals surface area contributed by atoms with Crippen LogP contribution in [0.2, 0.25) is 0 Å². The maximum atomic E-state index is 14.2. The van der Waals surface area contributed by atoms with Crippen molar-refractivity contribution >= 4 is 17.4 Å². The van der Waals surface area contributed by atoms with Gasteiger partial charge in [0.2, 0.25) is 5.91 Å². The van der Waals surface area contributed by atoms with Crippen molar-refractivity contribution in [3.05, 3.63) is 112 Å². The number of amides is 2. The average Bonchev–Trinajstić information content (AvgIpc) is 3.32. The van der Waals surface area contributed by atoms with Gasteiger partial charge in [0.05, 0.1) is 17.3 Å². The van der Waals surface area contributed by atoms with Gasteiger partial charge in [0.1, 0.15) is 24.0 Å². The molecule has 0 saturated heterocycles. The Morgan fingerprint density at radius 2 is 1.80 bits per heavy atom. The van der Waals surface area contributed by atoms with Crippen LogP contribution in [-0.2, 0) is 30.4 Å². The number of pyridine rings is 1. The highest BCUT2D eigenvalue weighted by atomic mass is 19.4. The highest BCUT2D eigenvalue weighted by Crippen LogP contribution is 2.38. The van der Waals surface area contributed by atoms with Gasteiger partial charge in [0.15, 0.2) is 5.69 Å². The standard InChI is InChI=1S/C31H25F6N5O2/c1-16-4-2-6-25-27(16)29(31(35,36)37)41-42(25)15-26(43)40-24(12-17-10-19(32)14-20(33)11-17)28-21(5-3-9-39-28)18-7-8-23(34)22(13-18)30(38)44/h3-5,7-11,13-14,24H,2,6,12,15H2,1H3,(H2,38,44)(H,40,43). The van der Waals surface area contributed by atoms with E-state index >= 15 is 0 Å². The van der Waals surface area contributed by atoms with Gasteiger partial charge < -0.3 is 11.1 Å². The molecule has 4 aromatic rings. The fraction of sp³-hybridized carbons (Fsp3) is 0.226. The second-order valence-corrected chi connectivity index (χ2v) is 10.3. The molecule has 5 rings (SSSR count). The number of aromatic nitrogens is 3. The third-order valence-electron chi connectivity index (χ3n) is 7.25. The van der Waals surface area contributed by atoms with E-state index in [1.807, 2.05) is 0 Å². The first kappa shape index (κ1) is 30.5. The molecule has 1 unspecified atom stereocenters. The average molecular weight is 614 g/mol. The molecule has 0 radical (unpaired) electrons. The molecule has 44 heavy (non-hydrogen) atoms. The van der Waals surface area contributed by atoms with Crippen LogP contribution in [0.15, 0.2) is 60.8 Å². The molecule has 0 spiro atoms. The Kier molecular flexibility index (Phi) is 8.31. The quantitative estimate of drug-likeness (QED) is 0.241. The number of primary amides is 1. The van der Waals surface area contributed by atoms with Crippen LogP contribution in [0.5, 0.6) is 0 Å². The normalized spacial score (nSPS) is 13.7. The zero-order valence-corrected chi connectivity index (χ0v) is 23.2. The van der Waals surface area contributed by atoms with Gasteiger partial charge in [0.25, 0.3) is 5.91 Å². The molecule has 1 atom stereocenters. The van der Waals surface area contributed by atoms with E-state index in [0.717, 1.165) is 22.9 Å². The Labute approximate surface area is 247 Å². The second kappa shape index (κ2) is 12.0. The smallest absolute Gasteiger partial charge is 0.366 e. The molecule has 2 aromatic carbocycles. The van der Waals surface area contributed by atoms with Crippen LogP contribution in [-0.4, -0.2) is 26.6 Å². The molecule has 1 aliphatic rings. The molecular weight excluding hydrogens is 588 g/mol. The number of nitrogens with zero attached hydrogens (tertiary/aromatic N) is 3. The van der Waals surface area contributed by atoms with Gasteiger partial charge >= 0.3 is 6.18 Å². The fourth-order valence-corrected chi connectivity index (χ4v) is 5.40. The third kappa shape index (κ3) is 6.36. The number of hydrogen-bond acceptors (Lipinski definition) is 4. The number of nitrogens with two attached hydrogens (primary N) is 1.